The SMILES string of the molecule is NC1=NCC2(CCS(=O)(=O)C2)N1CC1CCCO1. The van der Waals surface area contributed by atoms with E-state index in [1.165, 1.54) is 0 Å². The lowest BCUT2D eigenvalue weighted by Gasteiger charge is -2.36. The molecule has 7 heteroatoms. The molecule has 0 aromatic carbocycles. The number of hydrogen-bond acceptors (Lipinski definition) is 6. The highest BCUT2D eigenvalue weighted by atomic mass is 32.2. The van der Waals surface area contributed by atoms with Crippen LogP contribution in [0.5, 0.6) is 0 Å². The van der Waals surface area contributed by atoms with Gasteiger partial charge in [0.2, 0.25) is 0 Å². The Morgan fingerprint density at radius 1 is 1.56 bits per heavy atom. The zero-order valence-electron chi connectivity index (χ0n) is 10.3. The van der Waals surface area contributed by atoms with Gasteiger partial charge in [0.05, 0.1) is 29.7 Å². The molecule has 0 amide bonds. The molecule has 3 rings (SSSR count). The molecule has 0 radical (unpaired) electrons. The maximum absolute atomic E-state index is 11.7. The predicted octanol–water partition coefficient (Wildman–Crippen LogP) is -0.647. The van der Waals surface area contributed by atoms with Gasteiger partial charge in [-0.05, 0) is 19.3 Å². The molecule has 3 heterocycles. The molecule has 1 spiro atoms. The van der Waals surface area contributed by atoms with Gasteiger partial charge in [0.25, 0.3) is 0 Å². The number of nitrogens with two attached hydrogens (primary N) is 1. The minimum absolute atomic E-state index is 0.164. The van der Waals surface area contributed by atoms with Crippen molar-refractivity contribution >= 4 is 15.8 Å². The summed E-state index contributed by atoms with van der Waals surface area (Å²) in [5.74, 6) is 0.900. The molecule has 102 valence electrons. The lowest BCUT2D eigenvalue weighted by molar-refractivity contribution is 0.0710. The van der Waals surface area contributed by atoms with Gasteiger partial charge in [-0.15, -0.1) is 0 Å². The molecule has 6 nitrogen and oxygen atoms in total. The zero-order valence-corrected chi connectivity index (χ0v) is 11.2. The summed E-state index contributed by atoms with van der Waals surface area (Å²) in [5.41, 5.74) is 5.53. The first-order valence-electron chi connectivity index (χ1n) is 6.40. The van der Waals surface area contributed by atoms with E-state index in [0.717, 1.165) is 19.4 Å². The van der Waals surface area contributed by atoms with Gasteiger partial charge in [-0.1, -0.05) is 0 Å². The summed E-state index contributed by atoms with van der Waals surface area (Å²) in [6, 6.07) is 0. The van der Waals surface area contributed by atoms with Crippen LogP contribution in [0.4, 0.5) is 0 Å². The van der Waals surface area contributed by atoms with Crippen molar-refractivity contribution < 1.29 is 13.2 Å². The van der Waals surface area contributed by atoms with E-state index in [-0.39, 0.29) is 17.6 Å². The fourth-order valence-electron chi connectivity index (χ4n) is 3.16. The third kappa shape index (κ3) is 1.99. The van der Waals surface area contributed by atoms with Crippen LogP contribution in [-0.2, 0) is 14.6 Å². The van der Waals surface area contributed by atoms with Crippen LogP contribution in [0.1, 0.15) is 19.3 Å². The first kappa shape index (κ1) is 12.2. The van der Waals surface area contributed by atoms with E-state index in [1.807, 2.05) is 4.90 Å². The summed E-state index contributed by atoms with van der Waals surface area (Å²) in [4.78, 5) is 6.24. The molecule has 2 unspecified atom stereocenters. The van der Waals surface area contributed by atoms with Crippen LogP contribution in [0.2, 0.25) is 0 Å². The smallest absolute Gasteiger partial charge is 0.191 e. The summed E-state index contributed by atoms with van der Waals surface area (Å²) in [5, 5.41) is 0. The van der Waals surface area contributed by atoms with Crippen molar-refractivity contribution in [3.05, 3.63) is 0 Å². The largest absolute Gasteiger partial charge is 0.376 e. The zero-order chi connectivity index (χ0) is 12.8. The normalized spacial score (nSPS) is 38.6. The second kappa shape index (κ2) is 4.09. The number of hydrogen-bond donors (Lipinski definition) is 1. The average Bonchev–Trinajstić information content (AvgIpc) is 2.97. The van der Waals surface area contributed by atoms with Crippen molar-refractivity contribution in [1.82, 2.24) is 4.90 Å². The molecule has 0 bridgehead atoms. The quantitative estimate of drug-likeness (QED) is 0.723. The molecule has 2 N–H and O–H groups in total. The van der Waals surface area contributed by atoms with Crippen LogP contribution in [0.15, 0.2) is 4.99 Å². The van der Waals surface area contributed by atoms with E-state index in [4.69, 9.17) is 10.5 Å². The standard InChI is InChI=1S/C11H19N3O3S/c12-10-13-7-11(3-5-18(15,16)8-11)14(10)6-9-2-1-4-17-9/h9H,1-8H2,(H2,12,13). The first-order chi connectivity index (χ1) is 8.51. The summed E-state index contributed by atoms with van der Waals surface area (Å²) in [7, 11) is -2.94. The van der Waals surface area contributed by atoms with Crippen molar-refractivity contribution in [2.75, 3.05) is 31.2 Å². The van der Waals surface area contributed by atoms with Gasteiger partial charge in [0.1, 0.15) is 0 Å². The third-order valence-corrected chi connectivity index (χ3v) is 5.97. The molecular formula is C11H19N3O3S. The molecular weight excluding hydrogens is 254 g/mol. The minimum Gasteiger partial charge on any atom is -0.376 e. The Hall–Kier alpha value is -0.820. The van der Waals surface area contributed by atoms with Crippen molar-refractivity contribution in [2.45, 2.75) is 30.9 Å². The molecule has 3 aliphatic heterocycles. The summed E-state index contributed by atoms with van der Waals surface area (Å²) >= 11 is 0. The molecule has 0 aliphatic carbocycles. The summed E-state index contributed by atoms with van der Waals surface area (Å²) < 4.78 is 29.1. The number of aliphatic imine (C=N–C) groups is 1. The van der Waals surface area contributed by atoms with E-state index < -0.39 is 15.4 Å². The lowest BCUT2D eigenvalue weighted by atomic mass is 9.97. The Kier molecular flexibility index (Phi) is 2.78. The van der Waals surface area contributed by atoms with Crippen LogP contribution < -0.4 is 5.73 Å². The minimum atomic E-state index is -2.94. The summed E-state index contributed by atoms with van der Waals surface area (Å²) in [6.45, 7) is 1.97. The maximum atomic E-state index is 11.7. The molecule has 0 saturated carbocycles. The maximum Gasteiger partial charge on any atom is 0.191 e. The Labute approximate surface area is 107 Å². The van der Waals surface area contributed by atoms with E-state index in [9.17, 15) is 8.42 Å². The Bertz CT molecular complexity index is 470. The van der Waals surface area contributed by atoms with Crippen molar-refractivity contribution in [3.63, 3.8) is 0 Å². The van der Waals surface area contributed by atoms with E-state index in [2.05, 4.69) is 4.99 Å². The van der Waals surface area contributed by atoms with E-state index in [0.29, 0.717) is 25.5 Å². The van der Waals surface area contributed by atoms with Gasteiger partial charge in [-0.3, -0.25) is 4.99 Å². The molecule has 0 aromatic heterocycles. The molecule has 18 heavy (non-hydrogen) atoms. The van der Waals surface area contributed by atoms with Crippen molar-refractivity contribution in [2.24, 2.45) is 10.7 Å². The predicted molar refractivity (Wildman–Crippen MR) is 68.2 cm³/mol. The van der Waals surface area contributed by atoms with Crippen molar-refractivity contribution in [3.8, 4) is 0 Å². The molecule has 2 atom stereocenters. The van der Waals surface area contributed by atoms with Crippen LogP contribution in [-0.4, -0.2) is 62.1 Å². The molecule has 2 saturated heterocycles. The summed E-state index contributed by atoms with van der Waals surface area (Å²) in [6.07, 6.45) is 2.89. The Balaban J connectivity index is 1.78. The second-order valence-electron chi connectivity index (χ2n) is 5.49. The number of rotatable bonds is 2. The topological polar surface area (TPSA) is 85.0 Å². The highest BCUT2D eigenvalue weighted by Gasteiger charge is 2.50. The number of sulfone groups is 1. The lowest BCUT2D eigenvalue weighted by Crippen LogP contribution is -2.54. The number of guanidine groups is 1. The van der Waals surface area contributed by atoms with Gasteiger partial charge >= 0.3 is 0 Å². The molecule has 2 fully saturated rings. The molecule has 3 aliphatic rings. The highest BCUT2D eigenvalue weighted by Crippen LogP contribution is 2.34. The van der Waals surface area contributed by atoms with Gasteiger partial charge in [0.15, 0.2) is 15.8 Å². The second-order valence-corrected chi connectivity index (χ2v) is 7.67. The van der Waals surface area contributed by atoms with Crippen LogP contribution >= 0.6 is 0 Å². The third-order valence-electron chi connectivity index (χ3n) is 4.16. The fraction of sp³-hybridized carbons (Fsp3) is 0.909. The first-order valence-corrected chi connectivity index (χ1v) is 8.23. The van der Waals surface area contributed by atoms with Gasteiger partial charge < -0.3 is 15.4 Å². The van der Waals surface area contributed by atoms with Crippen LogP contribution in [0, 0.1) is 0 Å². The number of nitrogens with zero attached hydrogens (tertiary/aromatic N) is 2. The van der Waals surface area contributed by atoms with Gasteiger partial charge in [0, 0.05) is 13.2 Å². The van der Waals surface area contributed by atoms with Gasteiger partial charge in [-0.2, -0.15) is 0 Å². The Morgan fingerprint density at radius 3 is 3.00 bits per heavy atom. The van der Waals surface area contributed by atoms with Crippen LogP contribution in [0.3, 0.4) is 0 Å². The van der Waals surface area contributed by atoms with E-state index in [1.54, 1.807) is 0 Å². The Morgan fingerprint density at radius 2 is 2.39 bits per heavy atom. The van der Waals surface area contributed by atoms with Gasteiger partial charge in [-0.25, -0.2) is 8.42 Å². The van der Waals surface area contributed by atoms with Crippen molar-refractivity contribution in [1.29, 1.82) is 0 Å². The fourth-order valence-corrected chi connectivity index (χ4v) is 5.20. The molecule has 0 aromatic rings. The van der Waals surface area contributed by atoms with Crippen LogP contribution in [0.25, 0.3) is 0 Å². The van der Waals surface area contributed by atoms with E-state index >= 15 is 0 Å². The average molecular weight is 273 g/mol. The highest BCUT2D eigenvalue weighted by molar-refractivity contribution is 7.91. The number of ether oxygens (including phenoxy) is 1. The monoisotopic (exact) mass is 273 g/mol.